The molecule has 0 fully saturated rings. The largest absolute Gasteiger partial charge is 0.455 e. The summed E-state index contributed by atoms with van der Waals surface area (Å²) in [5.41, 5.74) is 1.20. The van der Waals surface area contributed by atoms with E-state index in [1.54, 1.807) is 6.92 Å². The molecule has 0 aliphatic heterocycles. The van der Waals surface area contributed by atoms with Crippen LogP contribution in [0.2, 0.25) is 5.02 Å². The van der Waals surface area contributed by atoms with Gasteiger partial charge in [0.2, 0.25) is 0 Å². The molecule has 3 aromatic rings. The highest BCUT2D eigenvalue weighted by atomic mass is 35.5. The second-order valence-corrected chi connectivity index (χ2v) is 5.63. The van der Waals surface area contributed by atoms with Crippen molar-refractivity contribution in [3.05, 3.63) is 68.8 Å². The van der Waals surface area contributed by atoms with Crippen LogP contribution >= 0.6 is 23.2 Å². The SMILES string of the molecule is Cc1c(-c2ccccc2)oc2c(C(=O)Cl)cc(Cl)cc2c1=O. The number of carbonyl (C=O) groups is 1. The smallest absolute Gasteiger partial charge is 0.256 e. The molecule has 0 saturated heterocycles. The van der Waals surface area contributed by atoms with Crippen LogP contribution in [0, 0.1) is 6.92 Å². The zero-order valence-electron chi connectivity index (χ0n) is 11.5. The molecule has 0 bridgehead atoms. The second kappa shape index (κ2) is 5.59. The van der Waals surface area contributed by atoms with E-state index >= 15 is 0 Å². The fraction of sp³-hybridized carbons (Fsp3) is 0.0588. The Kier molecular flexibility index (Phi) is 3.77. The minimum absolute atomic E-state index is 0.0819. The number of benzene rings is 2. The van der Waals surface area contributed by atoms with Crippen LogP contribution in [0.3, 0.4) is 0 Å². The van der Waals surface area contributed by atoms with Gasteiger partial charge in [0.15, 0.2) is 11.0 Å². The number of hydrogen-bond acceptors (Lipinski definition) is 3. The molecular weight excluding hydrogens is 323 g/mol. The minimum atomic E-state index is -0.724. The van der Waals surface area contributed by atoms with Crippen molar-refractivity contribution in [2.45, 2.75) is 6.92 Å². The molecule has 5 heteroatoms. The first-order valence-corrected chi connectivity index (χ1v) is 7.27. The van der Waals surface area contributed by atoms with Crippen molar-refractivity contribution in [2.24, 2.45) is 0 Å². The van der Waals surface area contributed by atoms with E-state index < -0.39 is 5.24 Å². The molecule has 110 valence electrons. The lowest BCUT2D eigenvalue weighted by molar-refractivity contribution is 0.108. The number of fused-ring (bicyclic) bond motifs is 1. The highest BCUT2D eigenvalue weighted by Crippen LogP contribution is 2.29. The Balaban J connectivity index is 2.46. The lowest BCUT2D eigenvalue weighted by atomic mass is 10.0. The molecule has 3 nitrogen and oxygen atoms in total. The van der Waals surface area contributed by atoms with Crippen LogP contribution in [0.15, 0.2) is 51.7 Å². The molecule has 0 saturated carbocycles. The van der Waals surface area contributed by atoms with Gasteiger partial charge in [0, 0.05) is 16.1 Å². The number of hydrogen-bond donors (Lipinski definition) is 0. The van der Waals surface area contributed by atoms with Crippen molar-refractivity contribution in [2.75, 3.05) is 0 Å². The maximum Gasteiger partial charge on any atom is 0.256 e. The average molecular weight is 333 g/mol. The van der Waals surface area contributed by atoms with Crippen LogP contribution < -0.4 is 5.43 Å². The van der Waals surface area contributed by atoms with Gasteiger partial charge in [-0.25, -0.2) is 0 Å². The van der Waals surface area contributed by atoms with Gasteiger partial charge in [0.05, 0.1) is 10.9 Å². The Morgan fingerprint density at radius 1 is 1.14 bits per heavy atom. The van der Waals surface area contributed by atoms with Gasteiger partial charge in [-0.05, 0) is 30.7 Å². The molecule has 0 unspecified atom stereocenters. The molecule has 0 spiro atoms. The first-order chi connectivity index (χ1) is 10.5. The second-order valence-electron chi connectivity index (χ2n) is 4.86. The fourth-order valence-electron chi connectivity index (χ4n) is 2.37. The van der Waals surface area contributed by atoms with Crippen LogP contribution in [0.1, 0.15) is 15.9 Å². The van der Waals surface area contributed by atoms with Crippen molar-refractivity contribution in [1.29, 1.82) is 0 Å². The lowest BCUT2D eigenvalue weighted by Crippen LogP contribution is -2.09. The van der Waals surface area contributed by atoms with Gasteiger partial charge in [0.1, 0.15) is 5.76 Å². The third kappa shape index (κ3) is 2.43. The van der Waals surface area contributed by atoms with E-state index in [2.05, 4.69) is 0 Å². The monoisotopic (exact) mass is 332 g/mol. The molecule has 1 aromatic heterocycles. The lowest BCUT2D eigenvalue weighted by Gasteiger charge is -2.09. The Morgan fingerprint density at radius 2 is 1.82 bits per heavy atom. The van der Waals surface area contributed by atoms with Gasteiger partial charge in [-0.2, -0.15) is 0 Å². The van der Waals surface area contributed by atoms with Gasteiger partial charge in [-0.1, -0.05) is 41.9 Å². The van der Waals surface area contributed by atoms with Gasteiger partial charge in [0.25, 0.3) is 5.24 Å². The van der Waals surface area contributed by atoms with E-state index in [9.17, 15) is 9.59 Å². The Bertz CT molecular complexity index is 944. The predicted octanol–water partition coefficient (Wildman–Crippen LogP) is 4.80. The summed E-state index contributed by atoms with van der Waals surface area (Å²) in [7, 11) is 0. The maximum absolute atomic E-state index is 12.6. The predicted molar refractivity (Wildman–Crippen MR) is 87.9 cm³/mol. The van der Waals surface area contributed by atoms with E-state index in [1.165, 1.54) is 12.1 Å². The summed E-state index contributed by atoms with van der Waals surface area (Å²) in [6.45, 7) is 1.68. The third-order valence-electron chi connectivity index (χ3n) is 3.43. The zero-order valence-corrected chi connectivity index (χ0v) is 13.0. The molecule has 0 amide bonds. The molecule has 1 heterocycles. The summed E-state index contributed by atoms with van der Waals surface area (Å²) in [4.78, 5) is 24.2. The topological polar surface area (TPSA) is 47.3 Å². The van der Waals surface area contributed by atoms with Crippen LogP contribution in [0.25, 0.3) is 22.3 Å². The minimum Gasteiger partial charge on any atom is -0.455 e. The van der Waals surface area contributed by atoms with Gasteiger partial charge >= 0.3 is 0 Å². The molecule has 0 aliphatic carbocycles. The molecule has 0 radical (unpaired) electrons. The van der Waals surface area contributed by atoms with E-state index in [0.717, 1.165) is 5.56 Å². The molecule has 3 rings (SSSR count). The first-order valence-electron chi connectivity index (χ1n) is 6.51. The molecule has 2 aromatic carbocycles. The van der Waals surface area contributed by atoms with Crippen molar-refractivity contribution in [3.63, 3.8) is 0 Å². The van der Waals surface area contributed by atoms with Crippen LogP contribution in [0.4, 0.5) is 0 Å². The van der Waals surface area contributed by atoms with Gasteiger partial charge in [-0.3, -0.25) is 9.59 Å². The quantitative estimate of drug-likeness (QED) is 0.633. The summed E-state index contributed by atoms with van der Waals surface area (Å²) in [5, 5.41) is -0.220. The summed E-state index contributed by atoms with van der Waals surface area (Å²) in [6, 6.07) is 12.1. The van der Waals surface area contributed by atoms with Crippen LogP contribution in [-0.2, 0) is 0 Å². The summed E-state index contributed by atoms with van der Waals surface area (Å²) < 4.78 is 5.84. The Morgan fingerprint density at radius 3 is 2.45 bits per heavy atom. The van der Waals surface area contributed by atoms with Gasteiger partial charge < -0.3 is 4.42 Å². The van der Waals surface area contributed by atoms with E-state index in [1.807, 2.05) is 30.3 Å². The van der Waals surface area contributed by atoms with Crippen LogP contribution in [-0.4, -0.2) is 5.24 Å². The summed E-state index contributed by atoms with van der Waals surface area (Å²) in [5.74, 6) is 0.416. The first kappa shape index (κ1) is 14.8. The highest BCUT2D eigenvalue weighted by molar-refractivity contribution is 6.68. The van der Waals surface area contributed by atoms with E-state index in [-0.39, 0.29) is 27.0 Å². The third-order valence-corrected chi connectivity index (χ3v) is 3.85. The molecule has 0 atom stereocenters. The average Bonchev–Trinajstić information content (AvgIpc) is 2.51. The summed E-state index contributed by atoms with van der Waals surface area (Å²) in [6.07, 6.45) is 0. The number of rotatable bonds is 2. The van der Waals surface area contributed by atoms with Crippen molar-refractivity contribution in [1.82, 2.24) is 0 Å². The molecule has 0 N–H and O–H groups in total. The Hall–Kier alpha value is -2.10. The highest BCUT2D eigenvalue weighted by Gasteiger charge is 2.18. The van der Waals surface area contributed by atoms with Crippen molar-refractivity contribution < 1.29 is 9.21 Å². The Labute approximate surface area is 136 Å². The maximum atomic E-state index is 12.6. The van der Waals surface area contributed by atoms with E-state index in [0.29, 0.717) is 11.3 Å². The van der Waals surface area contributed by atoms with E-state index in [4.69, 9.17) is 27.6 Å². The summed E-state index contributed by atoms with van der Waals surface area (Å²) >= 11 is 11.5. The molecule has 0 aliphatic rings. The molecular formula is C17H10Cl2O3. The van der Waals surface area contributed by atoms with Crippen LogP contribution in [0.5, 0.6) is 0 Å². The molecule has 22 heavy (non-hydrogen) atoms. The van der Waals surface area contributed by atoms with Crippen molar-refractivity contribution in [3.8, 4) is 11.3 Å². The fourth-order valence-corrected chi connectivity index (χ4v) is 2.73. The van der Waals surface area contributed by atoms with Crippen molar-refractivity contribution >= 4 is 39.4 Å². The van der Waals surface area contributed by atoms with Gasteiger partial charge in [-0.15, -0.1) is 0 Å². The number of halogens is 2. The number of carbonyl (C=O) groups excluding carboxylic acids is 1. The zero-order chi connectivity index (χ0) is 15.9. The normalized spacial score (nSPS) is 10.9. The standard InChI is InChI=1S/C17H10Cl2O3/c1-9-14(20)12-7-11(18)8-13(17(19)21)16(12)22-15(9)10-5-3-2-4-6-10/h2-8H,1H3.